The molecule has 1 unspecified atom stereocenters. The Morgan fingerprint density at radius 2 is 2.14 bits per heavy atom. The van der Waals surface area contributed by atoms with E-state index in [9.17, 15) is 9.90 Å². The molecule has 0 aliphatic heterocycles. The van der Waals surface area contributed by atoms with Gasteiger partial charge in [-0.05, 0) is 31.0 Å². The molecular formula is C18H22N2O2. The van der Waals surface area contributed by atoms with Crippen LogP contribution in [0.15, 0.2) is 48.7 Å². The number of benzene rings is 1. The van der Waals surface area contributed by atoms with Crippen molar-refractivity contribution in [2.24, 2.45) is 5.92 Å². The van der Waals surface area contributed by atoms with E-state index in [-0.39, 0.29) is 18.4 Å². The standard InChI is InChI=1S/C18H22N2O2/c1-14-5-4-6-15(9-14)11-18(22)20-12-16(13-21)10-17-7-2-3-8-19-17/h2-9,16,21H,10-13H2,1H3,(H,20,22). The number of carbonyl (C=O) groups is 1. The van der Waals surface area contributed by atoms with Gasteiger partial charge in [0.25, 0.3) is 0 Å². The molecule has 2 rings (SSSR count). The molecule has 0 aliphatic carbocycles. The van der Waals surface area contributed by atoms with E-state index in [1.165, 1.54) is 0 Å². The van der Waals surface area contributed by atoms with Gasteiger partial charge in [0, 0.05) is 31.0 Å². The first-order chi connectivity index (χ1) is 10.7. The first kappa shape index (κ1) is 16.2. The summed E-state index contributed by atoms with van der Waals surface area (Å²) in [7, 11) is 0. The van der Waals surface area contributed by atoms with Gasteiger partial charge in [0.2, 0.25) is 5.91 Å². The lowest BCUT2D eigenvalue weighted by atomic mass is 10.0. The molecule has 0 aliphatic rings. The quantitative estimate of drug-likeness (QED) is 0.820. The molecule has 4 nitrogen and oxygen atoms in total. The maximum Gasteiger partial charge on any atom is 0.224 e. The van der Waals surface area contributed by atoms with Gasteiger partial charge in [-0.3, -0.25) is 9.78 Å². The normalized spacial score (nSPS) is 11.9. The number of nitrogens with one attached hydrogen (secondary N) is 1. The molecule has 116 valence electrons. The molecule has 0 fully saturated rings. The van der Waals surface area contributed by atoms with E-state index in [1.807, 2.05) is 49.4 Å². The summed E-state index contributed by atoms with van der Waals surface area (Å²) >= 11 is 0. The summed E-state index contributed by atoms with van der Waals surface area (Å²) in [6, 6.07) is 13.6. The third kappa shape index (κ3) is 5.30. The van der Waals surface area contributed by atoms with E-state index in [1.54, 1.807) is 6.20 Å². The summed E-state index contributed by atoms with van der Waals surface area (Å²) in [5.74, 6) is -0.0403. The largest absolute Gasteiger partial charge is 0.396 e. The van der Waals surface area contributed by atoms with Gasteiger partial charge in [0.1, 0.15) is 0 Å². The smallest absolute Gasteiger partial charge is 0.224 e. The molecular weight excluding hydrogens is 276 g/mol. The first-order valence-electron chi connectivity index (χ1n) is 7.50. The summed E-state index contributed by atoms with van der Waals surface area (Å²) < 4.78 is 0. The van der Waals surface area contributed by atoms with Crippen LogP contribution in [0.2, 0.25) is 0 Å². The van der Waals surface area contributed by atoms with E-state index >= 15 is 0 Å². The third-order valence-electron chi connectivity index (χ3n) is 3.52. The molecule has 4 heteroatoms. The Bertz CT molecular complexity index is 599. The Hall–Kier alpha value is -2.20. The Labute approximate surface area is 131 Å². The van der Waals surface area contributed by atoms with Gasteiger partial charge >= 0.3 is 0 Å². The van der Waals surface area contributed by atoms with E-state index in [0.29, 0.717) is 19.4 Å². The number of aliphatic hydroxyl groups excluding tert-OH is 1. The van der Waals surface area contributed by atoms with Crippen LogP contribution in [0, 0.1) is 12.8 Å². The highest BCUT2D eigenvalue weighted by atomic mass is 16.3. The van der Waals surface area contributed by atoms with Crippen LogP contribution in [-0.2, 0) is 17.6 Å². The monoisotopic (exact) mass is 298 g/mol. The van der Waals surface area contributed by atoms with Crippen LogP contribution in [0.4, 0.5) is 0 Å². The molecule has 1 atom stereocenters. The van der Waals surface area contributed by atoms with Crippen molar-refractivity contribution in [3.8, 4) is 0 Å². The van der Waals surface area contributed by atoms with Gasteiger partial charge in [-0.25, -0.2) is 0 Å². The second-order valence-electron chi connectivity index (χ2n) is 5.54. The van der Waals surface area contributed by atoms with E-state index in [0.717, 1.165) is 16.8 Å². The van der Waals surface area contributed by atoms with E-state index < -0.39 is 0 Å². The van der Waals surface area contributed by atoms with Crippen LogP contribution < -0.4 is 5.32 Å². The number of pyridine rings is 1. The van der Waals surface area contributed by atoms with Gasteiger partial charge in [0.15, 0.2) is 0 Å². The molecule has 1 heterocycles. The van der Waals surface area contributed by atoms with Crippen molar-refractivity contribution in [1.29, 1.82) is 0 Å². The minimum absolute atomic E-state index is 0.0173. The minimum atomic E-state index is -0.0231. The van der Waals surface area contributed by atoms with Crippen LogP contribution in [0.25, 0.3) is 0 Å². The molecule has 1 aromatic heterocycles. The van der Waals surface area contributed by atoms with Crippen molar-refractivity contribution in [2.45, 2.75) is 19.8 Å². The maximum absolute atomic E-state index is 12.0. The topological polar surface area (TPSA) is 62.2 Å². The fraction of sp³-hybridized carbons (Fsp3) is 0.333. The van der Waals surface area contributed by atoms with Crippen molar-refractivity contribution < 1.29 is 9.90 Å². The Kier molecular flexibility index (Phi) is 6.10. The number of aryl methyl sites for hydroxylation is 1. The van der Waals surface area contributed by atoms with Gasteiger partial charge in [0.05, 0.1) is 6.42 Å². The van der Waals surface area contributed by atoms with Crippen molar-refractivity contribution >= 4 is 5.91 Å². The average Bonchev–Trinajstić information content (AvgIpc) is 2.52. The number of hydrogen-bond donors (Lipinski definition) is 2. The van der Waals surface area contributed by atoms with E-state index in [4.69, 9.17) is 0 Å². The molecule has 0 radical (unpaired) electrons. The summed E-state index contributed by atoms with van der Waals surface area (Å²) in [4.78, 5) is 16.2. The lowest BCUT2D eigenvalue weighted by Crippen LogP contribution is -2.33. The van der Waals surface area contributed by atoms with Crippen LogP contribution in [-0.4, -0.2) is 29.1 Å². The van der Waals surface area contributed by atoms with Crippen molar-refractivity contribution in [1.82, 2.24) is 10.3 Å². The van der Waals surface area contributed by atoms with Crippen molar-refractivity contribution in [3.63, 3.8) is 0 Å². The molecule has 0 bridgehead atoms. The van der Waals surface area contributed by atoms with Crippen LogP contribution in [0.3, 0.4) is 0 Å². The SMILES string of the molecule is Cc1cccc(CC(=O)NCC(CO)Cc2ccccn2)c1. The fourth-order valence-electron chi connectivity index (χ4n) is 2.34. The number of aromatic nitrogens is 1. The Balaban J connectivity index is 1.81. The molecule has 0 spiro atoms. The molecule has 1 aromatic carbocycles. The van der Waals surface area contributed by atoms with Crippen molar-refractivity contribution in [3.05, 3.63) is 65.5 Å². The zero-order valence-electron chi connectivity index (χ0n) is 12.8. The predicted octanol–water partition coefficient (Wildman–Crippen LogP) is 1.90. The molecule has 22 heavy (non-hydrogen) atoms. The summed E-state index contributed by atoms with van der Waals surface area (Å²) in [5, 5.41) is 12.3. The molecule has 2 aromatic rings. The minimum Gasteiger partial charge on any atom is -0.396 e. The number of rotatable bonds is 7. The van der Waals surface area contributed by atoms with Gasteiger partial charge < -0.3 is 10.4 Å². The van der Waals surface area contributed by atoms with E-state index in [2.05, 4.69) is 10.3 Å². The van der Waals surface area contributed by atoms with Crippen LogP contribution >= 0.6 is 0 Å². The third-order valence-corrected chi connectivity index (χ3v) is 3.52. The number of amides is 1. The number of aliphatic hydroxyl groups is 1. The number of hydrogen-bond acceptors (Lipinski definition) is 3. The van der Waals surface area contributed by atoms with Gasteiger partial charge in [-0.15, -0.1) is 0 Å². The highest BCUT2D eigenvalue weighted by Crippen LogP contribution is 2.06. The average molecular weight is 298 g/mol. The summed E-state index contributed by atoms with van der Waals surface area (Å²) in [5.41, 5.74) is 3.07. The number of carbonyl (C=O) groups excluding carboxylic acids is 1. The second-order valence-corrected chi connectivity index (χ2v) is 5.54. The number of nitrogens with zero attached hydrogens (tertiary/aromatic N) is 1. The lowest BCUT2D eigenvalue weighted by Gasteiger charge is -2.14. The first-order valence-corrected chi connectivity index (χ1v) is 7.50. The zero-order valence-corrected chi connectivity index (χ0v) is 12.8. The lowest BCUT2D eigenvalue weighted by molar-refractivity contribution is -0.120. The summed E-state index contributed by atoms with van der Waals surface area (Å²) in [6.07, 6.45) is 2.76. The van der Waals surface area contributed by atoms with Gasteiger partial charge in [-0.2, -0.15) is 0 Å². The maximum atomic E-state index is 12.0. The van der Waals surface area contributed by atoms with Crippen LogP contribution in [0.1, 0.15) is 16.8 Å². The van der Waals surface area contributed by atoms with Crippen molar-refractivity contribution in [2.75, 3.05) is 13.2 Å². The Morgan fingerprint density at radius 3 is 2.82 bits per heavy atom. The van der Waals surface area contributed by atoms with Crippen LogP contribution in [0.5, 0.6) is 0 Å². The van der Waals surface area contributed by atoms with Gasteiger partial charge in [-0.1, -0.05) is 35.9 Å². The molecule has 2 N–H and O–H groups in total. The predicted molar refractivity (Wildman–Crippen MR) is 86.4 cm³/mol. The molecule has 0 saturated heterocycles. The highest BCUT2D eigenvalue weighted by Gasteiger charge is 2.11. The summed E-state index contributed by atoms with van der Waals surface area (Å²) in [6.45, 7) is 2.50. The second kappa shape index (κ2) is 8.29. The Morgan fingerprint density at radius 1 is 1.27 bits per heavy atom. The fourth-order valence-corrected chi connectivity index (χ4v) is 2.34. The zero-order chi connectivity index (χ0) is 15.8. The molecule has 1 amide bonds. The molecule has 0 saturated carbocycles. The highest BCUT2D eigenvalue weighted by molar-refractivity contribution is 5.78.